The monoisotopic (exact) mass is 237 g/mol. The third-order valence-corrected chi connectivity index (χ3v) is 2.27. The van der Waals surface area contributed by atoms with Gasteiger partial charge in [-0.2, -0.15) is 0 Å². The lowest BCUT2D eigenvalue weighted by atomic mass is 10.2. The molecule has 1 aromatic carbocycles. The van der Waals surface area contributed by atoms with Gasteiger partial charge in [0.25, 0.3) is 0 Å². The number of guanidine groups is 1. The number of hydrogen-bond acceptors (Lipinski definition) is 1. The van der Waals surface area contributed by atoms with Crippen LogP contribution in [0.1, 0.15) is 12.0 Å². The van der Waals surface area contributed by atoms with Gasteiger partial charge >= 0.3 is 0 Å². The maximum absolute atomic E-state index is 12.0. The van der Waals surface area contributed by atoms with Gasteiger partial charge in [-0.15, -0.1) is 0 Å². The molecule has 1 rings (SSSR count). The smallest absolute Gasteiger partial charge is 0.193 e. The fraction of sp³-hybridized carbons (Fsp3) is 0.462. The zero-order valence-corrected chi connectivity index (χ0v) is 10.5. The Kier molecular flexibility index (Phi) is 6.07. The van der Waals surface area contributed by atoms with Crippen LogP contribution in [0.4, 0.5) is 4.39 Å². The van der Waals surface area contributed by atoms with Gasteiger partial charge in [0.1, 0.15) is 0 Å². The van der Waals surface area contributed by atoms with Gasteiger partial charge in [0.05, 0.1) is 13.2 Å². The molecule has 0 aliphatic heterocycles. The number of alkyl halides is 1. The van der Waals surface area contributed by atoms with Crippen LogP contribution in [-0.4, -0.2) is 38.2 Å². The van der Waals surface area contributed by atoms with Crippen molar-refractivity contribution in [2.45, 2.75) is 13.0 Å². The number of hydrogen-bond donors (Lipinski definition) is 1. The fourth-order valence-electron chi connectivity index (χ4n) is 1.37. The third-order valence-electron chi connectivity index (χ3n) is 2.27. The lowest BCUT2D eigenvalue weighted by Crippen LogP contribution is -2.37. The zero-order chi connectivity index (χ0) is 12.5. The van der Waals surface area contributed by atoms with Gasteiger partial charge in [-0.25, -0.2) is 4.99 Å². The van der Waals surface area contributed by atoms with Crippen molar-refractivity contribution in [1.82, 2.24) is 10.2 Å². The van der Waals surface area contributed by atoms with E-state index in [-0.39, 0.29) is 6.67 Å². The molecule has 94 valence electrons. The van der Waals surface area contributed by atoms with Crippen LogP contribution in [0.5, 0.6) is 0 Å². The Balaban J connectivity index is 2.52. The van der Waals surface area contributed by atoms with E-state index < -0.39 is 0 Å². The first-order valence-electron chi connectivity index (χ1n) is 5.79. The average molecular weight is 237 g/mol. The van der Waals surface area contributed by atoms with Crippen LogP contribution >= 0.6 is 0 Å². The summed E-state index contributed by atoms with van der Waals surface area (Å²) in [5, 5.41) is 3.13. The third kappa shape index (κ3) is 5.33. The summed E-state index contributed by atoms with van der Waals surface area (Å²) in [6.07, 6.45) is 0.512. The van der Waals surface area contributed by atoms with Crippen LogP contribution in [0, 0.1) is 0 Å². The second kappa shape index (κ2) is 7.65. The zero-order valence-electron chi connectivity index (χ0n) is 10.5. The highest BCUT2D eigenvalue weighted by Gasteiger charge is 2.00. The summed E-state index contributed by atoms with van der Waals surface area (Å²) in [5.74, 6) is 0.794. The molecule has 0 fully saturated rings. The molecule has 4 heteroatoms. The Morgan fingerprint density at radius 3 is 2.59 bits per heavy atom. The van der Waals surface area contributed by atoms with Crippen LogP contribution in [0.2, 0.25) is 0 Å². The minimum absolute atomic E-state index is 0.299. The lowest BCUT2D eigenvalue weighted by molar-refractivity contribution is 0.466. The predicted molar refractivity (Wildman–Crippen MR) is 69.9 cm³/mol. The maximum atomic E-state index is 12.0. The summed E-state index contributed by atoms with van der Waals surface area (Å²) < 4.78 is 12.0. The van der Waals surface area contributed by atoms with Gasteiger partial charge in [-0.05, 0) is 12.0 Å². The van der Waals surface area contributed by atoms with E-state index in [0.717, 1.165) is 5.96 Å². The number of benzene rings is 1. The van der Waals surface area contributed by atoms with Crippen molar-refractivity contribution in [3.05, 3.63) is 35.9 Å². The quantitative estimate of drug-likeness (QED) is 0.482. The number of halogens is 1. The highest BCUT2D eigenvalue weighted by Crippen LogP contribution is 2.00. The van der Waals surface area contributed by atoms with Gasteiger partial charge in [-0.1, -0.05) is 30.3 Å². The summed E-state index contributed by atoms with van der Waals surface area (Å²) in [5.41, 5.74) is 1.17. The fourth-order valence-corrected chi connectivity index (χ4v) is 1.37. The second-order valence-corrected chi connectivity index (χ2v) is 3.99. The molecule has 0 aromatic heterocycles. The first-order valence-corrected chi connectivity index (χ1v) is 5.79. The van der Waals surface area contributed by atoms with E-state index in [2.05, 4.69) is 10.3 Å². The van der Waals surface area contributed by atoms with E-state index in [0.29, 0.717) is 19.5 Å². The molecular formula is C13H20FN3. The van der Waals surface area contributed by atoms with Crippen LogP contribution < -0.4 is 5.32 Å². The molecule has 0 amide bonds. The van der Waals surface area contributed by atoms with E-state index in [1.807, 2.05) is 49.3 Å². The molecule has 17 heavy (non-hydrogen) atoms. The molecule has 0 atom stereocenters. The van der Waals surface area contributed by atoms with Crippen LogP contribution in [0.15, 0.2) is 35.3 Å². The largest absolute Gasteiger partial charge is 0.356 e. The van der Waals surface area contributed by atoms with E-state index in [9.17, 15) is 4.39 Å². The Bertz CT molecular complexity index is 336. The number of aliphatic imine (C=N–C) groups is 1. The molecule has 0 aliphatic rings. The van der Waals surface area contributed by atoms with Crippen LogP contribution in [0.3, 0.4) is 0 Å². The summed E-state index contributed by atoms with van der Waals surface area (Å²) in [7, 11) is 3.85. The van der Waals surface area contributed by atoms with Crippen LogP contribution in [-0.2, 0) is 6.54 Å². The minimum atomic E-state index is -0.299. The molecule has 0 aliphatic carbocycles. The molecule has 0 spiro atoms. The molecular weight excluding hydrogens is 217 g/mol. The molecule has 0 saturated heterocycles. The van der Waals surface area contributed by atoms with Gasteiger partial charge in [0.2, 0.25) is 0 Å². The molecule has 0 bridgehead atoms. The minimum Gasteiger partial charge on any atom is -0.356 e. The summed E-state index contributed by atoms with van der Waals surface area (Å²) in [6, 6.07) is 10.1. The topological polar surface area (TPSA) is 27.6 Å². The van der Waals surface area contributed by atoms with Crippen molar-refractivity contribution >= 4 is 5.96 Å². The van der Waals surface area contributed by atoms with Gasteiger partial charge in [0.15, 0.2) is 5.96 Å². The Labute approximate surface area is 102 Å². The van der Waals surface area contributed by atoms with Crippen molar-refractivity contribution in [2.75, 3.05) is 27.3 Å². The highest BCUT2D eigenvalue weighted by molar-refractivity contribution is 5.79. The summed E-state index contributed by atoms with van der Waals surface area (Å²) in [4.78, 5) is 6.38. The van der Waals surface area contributed by atoms with E-state index >= 15 is 0 Å². The normalized spacial score (nSPS) is 11.4. The number of rotatable bonds is 5. The molecule has 1 N–H and O–H groups in total. The molecule has 0 unspecified atom stereocenters. The lowest BCUT2D eigenvalue weighted by Gasteiger charge is -2.17. The molecule has 0 radical (unpaired) electrons. The molecule has 3 nitrogen and oxygen atoms in total. The molecule has 0 saturated carbocycles. The summed E-state index contributed by atoms with van der Waals surface area (Å²) in [6.45, 7) is 0.950. The van der Waals surface area contributed by atoms with Crippen molar-refractivity contribution in [3.8, 4) is 0 Å². The van der Waals surface area contributed by atoms with Gasteiger partial charge in [-0.3, -0.25) is 4.39 Å². The predicted octanol–water partition coefficient (Wildman–Crippen LogP) is 2.05. The van der Waals surface area contributed by atoms with E-state index in [1.54, 1.807) is 0 Å². The Hall–Kier alpha value is -1.58. The van der Waals surface area contributed by atoms with Crippen molar-refractivity contribution in [2.24, 2.45) is 4.99 Å². The van der Waals surface area contributed by atoms with Crippen molar-refractivity contribution in [1.29, 1.82) is 0 Å². The average Bonchev–Trinajstić information content (AvgIpc) is 2.34. The standard InChI is InChI=1S/C13H20FN3/c1-17(2)13(15-10-6-9-14)16-11-12-7-4-3-5-8-12/h3-5,7-8H,6,9-11H2,1-2H3,(H,15,16). The SMILES string of the molecule is CN(C)C(=NCc1ccccc1)NCCCF. The Morgan fingerprint density at radius 1 is 1.29 bits per heavy atom. The number of nitrogens with zero attached hydrogens (tertiary/aromatic N) is 2. The van der Waals surface area contributed by atoms with Gasteiger partial charge in [0, 0.05) is 20.6 Å². The Morgan fingerprint density at radius 2 is 2.00 bits per heavy atom. The van der Waals surface area contributed by atoms with E-state index in [1.165, 1.54) is 5.56 Å². The van der Waals surface area contributed by atoms with Crippen LogP contribution in [0.25, 0.3) is 0 Å². The van der Waals surface area contributed by atoms with Crippen molar-refractivity contribution < 1.29 is 4.39 Å². The first-order chi connectivity index (χ1) is 8.24. The highest BCUT2D eigenvalue weighted by atomic mass is 19.1. The number of nitrogens with one attached hydrogen (secondary N) is 1. The molecule has 0 heterocycles. The van der Waals surface area contributed by atoms with E-state index in [4.69, 9.17) is 0 Å². The second-order valence-electron chi connectivity index (χ2n) is 3.99. The summed E-state index contributed by atoms with van der Waals surface area (Å²) >= 11 is 0. The maximum Gasteiger partial charge on any atom is 0.193 e. The first kappa shape index (κ1) is 13.5. The molecule has 1 aromatic rings. The van der Waals surface area contributed by atoms with Crippen molar-refractivity contribution in [3.63, 3.8) is 0 Å². The van der Waals surface area contributed by atoms with Gasteiger partial charge < -0.3 is 10.2 Å².